The highest BCUT2D eigenvalue weighted by molar-refractivity contribution is 7.90. The van der Waals surface area contributed by atoms with E-state index in [1.54, 1.807) is 4.90 Å². The van der Waals surface area contributed by atoms with Crippen LogP contribution in [0.5, 0.6) is 0 Å². The molecule has 1 heterocycles. The van der Waals surface area contributed by atoms with Crippen molar-refractivity contribution in [3.63, 3.8) is 0 Å². The second-order valence-electron chi connectivity index (χ2n) is 4.77. The van der Waals surface area contributed by atoms with Crippen molar-refractivity contribution in [1.82, 2.24) is 0 Å². The minimum Gasteiger partial charge on any atom is -0.394 e. The van der Waals surface area contributed by atoms with Crippen molar-refractivity contribution in [2.75, 3.05) is 37.5 Å². The number of hydrogen-bond acceptors (Lipinski definition) is 7. The minimum absolute atomic E-state index is 0.198. The van der Waals surface area contributed by atoms with Gasteiger partial charge in [-0.2, -0.15) is 0 Å². The summed E-state index contributed by atoms with van der Waals surface area (Å²) in [6.07, 6.45) is 0.495. The molecule has 0 saturated carbocycles. The van der Waals surface area contributed by atoms with Crippen LogP contribution in [0.15, 0.2) is 23.1 Å². The van der Waals surface area contributed by atoms with Gasteiger partial charge < -0.3 is 14.7 Å². The molecule has 0 bridgehead atoms. The summed E-state index contributed by atoms with van der Waals surface area (Å²) in [5, 5.41) is 20.5. The number of sulfone groups is 1. The second-order valence-corrected chi connectivity index (χ2v) is 6.76. The lowest BCUT2D eigenvalue weighted by Gasteiger charge is -2.33. The molecule has 1 aromatic rings. The Morgan fingerprint density at radius 2 is 2.24 bits per heavy atom. The molecule has 21 heavy (non-hydrogen) atoms. The molecule has 1 saturated heterocycles. The fourth-order valence-electron chi connectivity index (χ4n) is 2.30. The molecule has 0 aliphatic carbocycles. The van der Waals surface area contributed by atoms with Gasteiger partial charge in [0.1, 0.15) is 10.6 Å². The van der Waals surface area contributed by atoms with Gasteiger partial charge in [0.15, 0.2) is 9.84 Å². The first kappa shape index (κ1) is 15.7. The van der Waals surface area contributed by atoms with E-state index in [1.165, 1.54) is 18.2 Å². The minimum atomic E-state index is -3.71. The smallest absolute Gasteiger partial charge is 0.311 e. The Kier molecular flexibility index (Phi) is 4.45. The maximum atomic E-state index is 11.7. The molecule has 1 unspecified atom stereocenters. The van der Waals surface area contributed by atoms with E-state index in [1.807, 2.05) is 0 Å². The summed E-state index contributed by atoms with van der Waals surface area (Å²) in [4.78, 5) is 12.0. The highest BCUT2D eigenvalue weighted by Gasteiger charge is 2.31. The van der Waals surface area contributed by atoms with Gasteiger partial charge in [0.05, 0.1) is 24.2 Å². The molecule has 1 fully saturated rings. The number of ether oxygens (including phenoxy) is 1. The zero-order chi connectivity index (χ0) is 15.6. The predicted octanol–water partition coefficient (Wildman–Crippen LogP) is 0.196. The summed E-state index contributed by atoms with van der Waals surface area (Å²) in [5.41, 5.74) is -0.205. The highest BCUT2D eigenvalue weighted by atomic mass is 32.2. The van der Waals surface area contributed by atoms with Gasteiger partial charge in [-0.15, -0.1) is 0 Å². The SMILES string of the molecule is CS(=O)(=O)c1cccc(N2CCOC(CO)C2)c1[N+](=O)[O-]. The first-order valence-electron chi connectivity index (χ1n) is 6.29. The molecular formula is C12H16N2O6S. The Hall–Kier alpha value is -1.71. The number of aliphatic hydroxyl groups excluding tert-OH is 1. The van der Waals surface area contributed by atoms with E-state index in [0.717, 1.165) is 6.26 Å². The lowest BCUT2D eigenvalue weighted by atomic mass is 10.2. The Morgan fingerprint density at radius 3 is 2.81 bits per heavy atom. The molecular weight excluding hydrogens is 300 g/mol. The molecule has 9 heteroatoms. The number of hydrogen-bond donors (Lipinski definition) is 1. The molecule has 1 aromatic carbocycles. The topological polar surface area (TPSA) is 110 Å². The maximum absolute atomic E-state index is 11.7. The number of anilines is 1. The van der Waals surface area contributed by atoms with Gasteiger partial charge >= 0.3 is 5.69 Å². The van der Waals surface area contributed by atoms with Gasteiger partial charge in [0.2, 0.25) is 0 Å². The van der Waals surface area contributed by atoms with Crippen LogP contribution in [-0.4, -0.2) is 57.1 Å². The van der Waals surface area contributed by atoms with E-state index in [2.05, 4.69) is 0 Å². The summed E-state index contributed by atoms with van der Waals surface area (Å²) in [6.45, 7) is 0.774. The number of aliphatic hydroxyl groups is 1. The number of para-hydroxylation sites is 1. The second kappa shape index (κ2) is 5.96. The van der Waals surface area contributed by atoms with Gasteiger partial charge in [0.25, 0.3) is 0 Å². The zero-order valence-corrected chi connectivity index (χ0v) is 12.2. The van der Waals surface area contributed by atoms with Crippen LogP contribution in [0.3, 0.4) is 0 Å². The molecule has 0 aromatic heterocycles. The van der Waals surface area contributed by atoms with Crippen molar-refractivity contribution in [2.24, 2.45) is 0 Å². The first-order valence-corrected chi connectivity index (χ1v) is 8.18. The first-order chi connectivity index (χ1) is 9.84. The number of nitrogens with zero attached hydrogens (tertiary/aromatic N) is 2. The number of morpholine rings is 1. The van der Waals surface area contributed by atoms with Crippen LogP contribution >= 0.6 is 0 Å². The van der Waals surface area contributed by atoms with Crippen LogP contribution in [0.25, 0.3) is 0 Å². The summed E-state index contributed by atoms with van der Waals surface area (Å²) in [6, 6.07) is 4.20. The number of nitro benzene ring substituents is 1. The summed E-state index contributed by atoms with van der Waals surface area (Å²) >= 11 is 0. The Balaban J connectivity index is 2.51. The molecule has 0 spiro atoms. The van der Waals surface area contributed by atoms with Crippen LogP contribution in [0.1, 0.15) is 0 Å². The molecule has 8 nitrogen and oxygen atoms in total. The standard InChI is InChI=1S/C12H16N2O6S/c1-21(18,19)11-4-2-3-10(12(11)14(16)17)13-5-6-20-9(7-13)8-15/h2-4,9,15H,5-8H2,1H3. The quantitative estimate of drug-likeness (QED) is 0.624. The van der Waals surface area contributed by atoms with E-state index >= 15 is 0 Å². The van der Waals surface area contributed by atoms with Gasteiger partial charge in [-0.3, -0.25) is 10.1 Å². The number of benzene rings is 1. The molecule has 1 N–H and O–H groups in total. The predicted molar refractivity (Wildman–Crippen MR) is 75.2 cm³/mol. The van der Waals surface area contributed by atoms with Crippen LogP contribution in [0.2, 0.25) is 0 Å². The van der Waals surface area contributed by atoms with E-state index in [9.17, 15) is 18.5 Å². The zero-order valence-electron chi connectivity index (χ0n) is 11.4. The third-order valence-corrected chi connectivity index (χ3v) is 4.37. The van der Waals surface area contributed by atoms with Crippen LogP contribution < -0.4 is 4.90 Å². The van der Waals surface area contributed by atoms with Crippen molar-refractivity contribution in [3.05, 3.63) is 28.3 Å². The fourth-order valence-corrected chi connectivity index (χ4v) is 3.15. The van der Waals surface area contributed by atoms with Gasteiger partial charge in [0, 0.05) is 19.3 Å². The van der Waals surface area contributed by atoms with Crippen molar-refractivity contribution < 1.29 is 23.2 Å². The van der Waals surface area contributed by atoms with Crippen molar-refractivity contribution in [1.29, 1.82) is 0 Å². The molecule has 1 atom stereocenters. The monoisotopic (exact) mass is 316 g/mol. The third-order valence-electron chi connectivity index (χ3n) is 3.24. The summed E-state index contributed by atoms with van der Waals surface area (Å²) < 4.78 is 28.7. The van der Waals surface area contributed by atoms with E-state index < -0.39 is 26.6 Å². The van der Waals surface area contributed by atoms with Crippen molar-refractivity contribution in [3.8, 4) is 0 Å². The van der Waals surface area contributed by atoms with Gasteiger partial charge in [-0.05, 0) is 12.1 Å². The Labute approximate surface area is 122 Å². The maximum Gasteiger partial charge on any atom is 0.311 e. The van der Waals surface area contributed by atoms with Gasteiger partial charge in [-0.1, -0.05) is 6.07 Å². The van der Waals surface area contributed by atoms with Crippen LogP contribution in [0.4, 0.5) is 11.4 Å². The van der Waals surface area contributed by atoms with Crippen LogP contribution in [-0.2, 0) is 14.6 Å². The Bertz CT molecular complexity index is 645. The van der Waals surface area contributed by atoms with Gasteiger partial charge in [-0.25, -0.2) is 8.42 Å². The normalized spacial score (nSPS) is 19.5. The van der Waals surface area contributed by atoms with Crippen molar-refractivity contribution in [2.45, 2.75) is 11.0 Å². The molecule has 1 aliphatic heterocycles. The van der Waals surface area contributed by atoms with E-state index in [-0.39, 0.29) is 23.7 Å². The summed E-state index contributed by atoms with van der Waals surface area (Å²) in [5.74, 6) is 0. The van der Waals surface area contributed by atoms with E-state index in [4.69, 9.17) is 9.84 Å². The largest absolute Gasteiger partial charge is 0.394 e. The average molecular weight is 316 g/mol. The van der Waals surface area contributed by atoms with Crippen molar-refractivity contribution >= 4 is 21.2 Å². The molecule has 2 rings (SSSR count). The third kappa shape index (κ3) is 3.31. The van der Waals surface area contributed by atoms with E-state index in [0.29, 0.717) is 13.2 Å². The lowest BCUT2D eigenvalue weighted by Crippen LogP contribution is -2.44. The number of nitro groups is 1. The number of rotatable bonds is 4. The molecule has 1 aliphatic rings. The highest BCUT2D eigenvalue weighted by Crippen LogP contribution is 2.35. The average Bonchev–Trinajstić information content (AvgIpc) is 2.45. The molecule has 0 amide bonds. The fraction of sp³-hybridized carbons (Fsp3) is 0.500. The van der Waals surface area contributed by atoms with Crippen LogP contribution in [0, 0.1) is 10.1 Å². The Morgan fingerprint density at radius 1 is 1.52 bits per heavy atom. The molecule has 0 radical (unpaired) electrons. The lowest BCUT2D eigenvalue weighted by molar-refractivity contribution is -0.387. The molecule has 116 valence electrons. The summed E-state index contributed by atoms with van der Waals surface area (Å²) in [7, 11) is -3.71.